The van der Waals surface area contributed by atoms with Crippen LogP contribution in [0.4, 0.5) is 5.69 Å². The highest BCUT2D eigenvalue weighted by atomic mass is 32.2. The number of rotatable bonds is 9. The largest absolute Gasteiger partial charge is 0.330 e. The Morgan fingerprint density at radius 2 is 2.03 bits per heavy atom. The predicted molar refractivity (Wildman–Crippen MR) is 124 cm³/mol. The number of anilines is 1. The molecule has 166 valence electrons. The Morgan fingerprint density at radius 1 is 1.29 bits per heavy atom. The predicted octanol–water partition coefficient (Wildman–Crippen LogP) is 2.02. The van der Waals surface area contributed by atoms with E-state index in [0.717, 1.165) is 23.4 Å². The molecule has 0 spiro atoms. The van der Waals surface area contributed by atoms with Crippen LogP contribution >= 0.6 is 11.8 Å². The second kappa shape index (κ2) is 9.97. The fourth-order valence-electron chi connectivity index (χ4n) is 3.44. The van der Waals surface area contributed by atoms with Gasteiger partial charge in [-0.1, -0.05) is 25.5 Å². The SMILES string of the molecule is CCCCn1c(=O)[nH]c(=O)c2c1nc(CN(C)CC(=O)Nc1ccccc1SC)n2C. The second-order valence-electron chi connectivity index (χ2n) is 7.44. The molecule has 0 radical (unpaired) electrons. The van der Waals surface area contributed by atoms with Gasteiger partial charge in [0.05, 0.1) is 18.8 Å². The molecule has 1 aromatic carbocycles. The third-order valence-electron chi connectivity index (χ3n) is 5.05. The van der Waals surface area contributed by atoms with E-state index in [-0.39, 0.29) is 12.5 Å². The number of H-pyrrole nitrogens is 1. The number of likely N-dealkylation sites (N-methyl/N-ethyl adjacent to an activating group) is 1. The number of benzene rings is 1. The first kappa shape index (κ1) is 22.8. The molecule has 0 fully saturated rings. The van der Waals surface area contributed by atoms with Crippen LogP contribution in [0.15, 0.2) is 38.8 Å². The molecule has 10 heteroatoms. The summed E-state index contributed by atoms with van der Waals surface area (Å²) in [6.45, 7) is 3.04. The minimum Gasteiger partial charge on any atom is -0.324 e. The monoisotopic (exact) mass is 444 g/mol. The smallest absolute Gasteiger partial charge is 0.324 e. The standard InChI is InChI=1S/C21H28N6O3S/c1-5-6-11-27-19-18(20(29)24-21(27)30)26(3)16(23-19)12-25(2)13-17(28)22-14-9-7-8-10-15(14)31-4/h7-10H,5-6,11-13H2,1-4H3,(H,22,28)(H,24,29,30). The van der Waals surface area contributed by atoms with E-state index in [4.69, 9.17) is 0 Å². The summed E-state index contributed by atoms with van der Waals surface area (Å²) in [5, 5.41) is 2.94. The number of imidazole rings is 1. The molecule has 2 aromatic heterocycles. The minimum atomic E-state index is -0.455. The van der Waals surface area contributed by atoms with E-state index in [2.05, 4.69) is 15.3 Å². The Balaban J connectivity index is 1.79. The van der Waals surface area contributed by atoms with Crippen molar-refractivity contribution in [3.8, 4) is 0 Å². The molecule has 3 rings (SSSR count). The second-order valence-corrected chi connectivity index (χ2v) is 8.29. The summed E-state index contributed by atoms with van der Waals surface area (Å²) in [7, 11) is 3.56. The van der Waals surface area contributed by atoms with E-state index >= 15 is 0 Å². The summed E-state index contributed by atoms with van der Waals surface area (Å²) in [5.74, 6) is 0.469. The first-order chi connectivity index (χ1) is 14.8. The normalized spacial score (nSPS) is 11.4. The maximum Gasteiger partial charge on any atom is 0.330 e. The number of para-hydroxylation sites is 1. The minimum absolute atomic E-state index is 0.138. The van der Waals surface area contributed by atoms with Crippen LogP contribution in [-0.2, 0) is 24.9 Å². The number of hydrogen-bond donors (Lipinski definition) is 2. The van der Waals surface area contributed by atoms with Crippen LogP contribution in [0.2, 0.25) is 0 Å². The van der Waals surface area contributed by atoms with E-state index in [1.54, 1.807) is 23.4 Å². The van der Waals surface area contributed by atoms with Crippen LogP contribution in [0.3, 0.4) is 0 Å². The lowest BCUT2D eigenvalue weighted by molar-refractivity contribution is -0.117. The van der Waals surface area contributed by atoms with Crippen LogP contribution in [0.25, 0.3) is 11.2 Å². The molecule has 2 N–H and O–H groups in total. The molecule has 0 atom stereocenters. The molecule has 0 unspecified atom stereocenters. The van der Waals surface area contributed by atoms with E-state index in [1.807, 2.05) is 49.4 Å². The van der Waals surface area contributed by atoms with E-state index in [1.165, 1.54) is 4.57 Å². The van der Waals surface area contributed by atoms with Gasteiger partial charge in [-0.05, 0) is 31.9 Å². The van der Waals surface area contributed by atoms with Crippen molar-refractivity contribution in [3.63, 3.8) is 0 Å². The molecule has 0 aliphatic rings. The number of hydrogen-bond acceptors (Lipinski definition) is 6. The van der Waals surface area contributed by atoms with Crippen molar-refractivity contribution in [1.82, 2.24) is 24.0 Å². The molecule has 2 heterocycles. The van der Waals surface area contributed by atoms with Gasteiger partial charge < -0.3 is 9.88 Å². The number of nitrogens with zero attached hydrogens (tertiary/aromatic N) is 4. The molecule has 0 saturated heterocycles. The topological polar surface area (TPSA) is 105 Å². The average Bonchev–Trinajstić information content (AvgIpc) is 3.04. The summed E-state index contributed by atoms with van der Waals surface area (Å²) in [6, 6.07) is 7.64. The summed E-state index contributed by atoms with van der Waals surface area (Å²) in [4.78, 5) is 46.9. The number of amides is 1. The molecule has 31 heavy (non-hydrogen) atoms. The van der Waals surface area contributed by atoms with Crippen LogP contribution in [0.1, 0.15) is 25.6 Å². The van der Waals surface area contributed by atoms with Gasteiger partial charge in [-0.25, -0.2) is 9.78 Å². The Kier molecular flexibility index (Phi) is 7.34. The zero-order valence-corrected chi connectivity index (χ0v) is 19.1. The van der Waals surface area contributed by atoms with Crippen molar-refractivity contribution < 1.29 is 4.79 Å². The third-order valence-corrected chi connectivity index (χ3v) is 5.84. The summed E-state index contributed by atoms with van der Waals surface area (Å²) < 4.78 is 3.20. The Labute approximate surface area is 184 Å². The van der Waals surface area contributed by atoms with Crippen molar-refractivity contribution in [3.05, 3.63) is 50.9 Å². The maximum atomic E-state index is 12.5. The number of thioether (sulfide) groups is 1. The first-order valence-corrected chi connectivity index (χ1v) is 11.4. The highest BCUT2D eigenvalue weighted by Gasteiger charge is 2.18. The number of fused-ring (bicyclic) bond motifs is 1. The van der Waals surface area contributed by atoms with Gasteiger partial charge in [0.1, 0.15) is 5.82 Å². The van der Waals surface area contributed by atoms with Crippen molar-refractivity contribution in [1.29, 1.82) is 0 Å². The summed E-state index contributed by atoms with van der Waals surface area (Å²) in [5.41, 5.74) is 0.616. The van der Waals surface area contributed by atoms with Gasteiger partial charge in [0.25, 0.3) is 5.56 Å². The van der Waals surface area contributed by atoms with Gasteiger partial charge in [-0.15, -0.1) is 11.8 Å². The van der Waals surface area contributed by atoms with E-state index in [9.17, 15) is 14.4 Å². The van der Waals surface area contributed by atoms with Gasteiger partial charge in [0.2, 0.25) is 5.91 Å². The molecule has 1 amide bonds. The van der Waals surface area contributed by atoms with Crippen LogP contribution in [0, 0.1) is 0 Å². The third kappa shape index (κ3) is 5.08. The summed E-state index contributed by atoms with van der Waals surface area (Å²) >= 11 is 1.57. The Morgan fingerprint density at radius 3 is 2.74 bits per heavy atom. The van der Waals surface area contributed by atoms with Crippen molar-refractivity contribution in [2.24, 2.45) is 7.05 Å². The Hall–Kier alpha value is -2.85. The number of nitrogens with one attached hydrogen (secondary N) is 2. The molecular formula is C21H28N6O3S. The number of carbonyl (C=O) groups is 1. The van der Waals surface area contributed by atoms with Crippen LogP contribution < -0.4 is 16.6 Å². The number of aromatic nitrogens is 4. The number of carbonyl (C=O) groups excluding carboxylic acids is 1. The van der Waals surface area contributed by atoms with Crippen LogP contribution in [0.5, 0.6) is 0 Å². The van der Waals surface area contributed by atoms with Gasteiger partial charge in [0, 0.05) is 18.5 Å². The van der Waals surface area contributed by atoms with Gasteiger partial charge in [0.15, 0.2) is 11.2 Å². The fourth-order valence-corrected chi connectivity index (χ4v) is 3.99. The molecular weight excluding hydrogens is 416 g/mol. The van der Waals surface area contributed by atoms with E-state index in [0.29, 0.717) is 30.1 Å². The number of aryl methyl sites for hydroxylation is 2. The maximum absolute atomic E-state index is 12.5. The molecule has 9 nitrogen and oxygen atoms in total. The van der Waals surface area contributed by atoms with Gasteiger partial charge in [-0.2, -0.15) is 0 Å². The molecule has 3 aromatic rings. The van der Waals surface area contributed by atoms with Crippen molar-refractivity contribution >= 4 is 34.5 Å². The lowest BCUT2D eigenvalue weighted by Crippen LogP contribution is -2.31. The van der Waals surface area contributed by atoms with Crippen LogP contribution in [-0.4, -0.2) is 49.8 Å². The summed E-state index contributed by atoms with van der Waals surface area (Å²) in [6.07, 6.45) is 3.69. The molecule has 0 bridgehead atoms. The quantitative estimate of drug-likeness (QED) is 0.489. The zero-order valence-electron chi connectivity index (χ0n) is 18.3. The number of aromatic amines is 1. The molecule has 0 aliphatic heterocycles. The first-order valence-electron chi connectivity index (χ1n) is 10.2. The van der Waals surface area contributed by atoms with Gasteiger partial charge in [-0.3, -0.25) is 24.0 Å². The molecule has 0 aliphatic carbocycles. The fraction of sp³-hybridized carbons (Fsp3) is 0.429. The lowest BCUT2D eigenvalue weighted by Gasteiger charge is -2.16. The molecule has 0 saturated carbocycles. The highest BCUT2D eigenvalue weighted by Crippen LogP contribution is 2.24. The number of unbranched alkanes of at least 4 members (excludes halogenated alkanes) is 1. The lowest BCUT2D eigenvalue weighted by atomic mass is 10.3. The highest BCUT2D eigenvalue weighted by molar-refractivity contribution is 7.98. The average molecular weight is 445 g/mol. The van der Waals surface area contributed by atoms with Crippen molar-refractivity contribution in [2.45, 2.75) is 37.8 Å². The van der Waals surface area contributed by atoms with Crippen molar-refractivity contribution in [2.75, 3.05) is 25.2 Å². The van der Waals surface area contributed by atoms with Gasteiger partial charge >= 0.3 is 5.69 Å². The van der Waals surface area contributed by atoms with E-state index < -0.39 is 11.2 Å². The Bertz CT molecular complexity index is 1200. The zero-order chi connectivity index (χ0) is 22.5.